The highest BCUT2D eigenvalue weighted by Crippen LogP contribution is 2.40. The van der Waals surface area contributed by atoms with Crippen molar-refractivity contribution in [2.45, 2.75) is 0 Å². The predicted molar refractivity (Wildman–Crippen MR) is 97.7 cm³/mol. The number of nitriles is 2. The summed E-state index contributed by atoms with van der Waals surface area (Å²) >= 11 is 1.09. The van der Waals surface area contributed by atoms with Gasteiger partial charge in [-0.3, -0.25) is 0 Å². The lowest BCUT2D eigenvalue weighted by molar-refractivity contribution is 1.43. The summed E-state index contributed by atoms with van der Waals surface area (Å²) in [6.45, 7) is 0. The lowest BCUT2D eigenvalue weighted by Gasteiger charge is -2.12. The van der Waals surface area contributed by atoms with Gasteiger partial charge in [0.25, 0.3) is 0 Å². The van der Waals surface area contributed by atoms with Crippen LogP contribution in [0.4, 0.5) is 0 Å². The summed E-state index contributed by atoms with van der Waals surface area (Å²) in [6, 6.07) is 23.5. The Labute approximate surface area is 148 Å². The molecule has 3 aromatic carbocycles. The van der Waals surface area contributed by atoms with Crippen molar-refractivity contribution < 1.29 is 0 Å². The molecule has 0 N–H and O–H groups in total. The lowest BCUT2D eigenvalue weighted by atomic mass is 9.88. The van der Waals surface area contributed by atoms with E-state index in [0.717, 1.165) is 22.9 Å². The van der Waals surface area contributed by atoms with Crippen molar-refractivity contribution in [3.8, 4) is 34.4 Å². The van der Waals surface area contributed by atoms with E-state index in [0.29, 0.717) is 33.3 Å². The molecule has 1 aromatic heterocycles. The van der Waals surface area contributed by atoms with E-state index in [2.05, 4.69) is 20.9 Å². The summed E-state index contributed by atoms with van der Waals surface area (Å²) in [4.78, 5) is 0. The highest BCUT2D eigenvalue weighted by molar-refractivity contribution is 7.00. The quantitative estimate of drug-likeness (QED) is 0.528. The van der Waals surface area contributed by atoms with Gasteiger partial charge >= 0.3 is 0 Å². The van der Waals surface area contributed by atoms with Crippen LogP contribution >= 0.6 is 11.7 Å². The first kappa shape index (κ1) is 15.0. The fraction of sp³-hybridized carbons (Fsp3) is 0. The summed E-state index contributed by atoms with van der Waals surface area (Å²) < 4.78 is 8.87. The van der Waals surface area contributed by atoms with E-state index >= 15 is 0 Å². The van der Waals surface area contributed by atoms with Gasteiger partial charge < -0.3 is 0 Å². The van der Waals surface area contributed by atoms with Gasteiger partial charge in [0.15, 0.2) is 0 Å². The molecule has 116 valence electrons. The Morgan fingerprint density at radius 1 is 0.640 bits per heavy atom. The topological polar surface area (TPSA) is 73.4 Å². The molecule has 0 aliphatic heterocycles. The van der Waals surface area contributed by atoms with Gasteiger partial charge in [-0.1, -0.05) is 60.7 Å². The lowest BCUT2D eigenvalue weighted by Crippen LogP contribution is -1.97. The zero-order valence-corrected chi connectivity index (χ0v) is 13.8. The van der Waals surface area contributed by atoms with Crippen LogP contribution in [0.5, 0.6) is 0 Å². The third kappa shape index (κ3) is 2.35. The molecule has 0 saturated heterocycles. The average Bonchev–Trinajstić information content (AvgIpc) is 3.16. The first-order chi connectivity index (χ1) is 12.3. The van der Waals surface area contributed by atoms with Crippen molar-refractivity contribution >= 4 is 22.8 Å². The molecule has 4 rings (SSSR count). The van der Waals surface area contributed by atoms with Gasteiger partial charge in [-0.15, -0.1) is 0 Å². The third-order valence-corrected chi connectivity index (χ3v) is 4.59. The minimum Gasteiger partial charge on any atom is -0.192 e. The van der Waals surface area contributed by atoms with Gasteiger partial charge in [-0.05, 0) is 11.1 Å². The Morgan fingerprint density at radius 2 is 1.04 bits per heavy atom. The van der Waals surface area contributed by atoms with E-state index in [1.54, 1.807) is 0 Å². The Morgan fingerprint density at radius 3 is 1.40 bits per heavy atom. The third-order valence-electron chi connectivity index (χ3n) is 4.06. The molecule has 0 atom stereocenters. The molecule has 4 nitrogen and oxygen atoms in total. The number of benzene rings is 3. The molecule has 1 heterocycles. The molecule has 0 bridgehead atoms. The summed E-state index contributed by atoms with van der Waals surface area (Å²) in [5.74, 6) is 0. The number of rotatable bonds is 2. The SMILES string of the molecule is N#Cc1c(C#N)c(-c2ccccc2)c2nsnc2c1-c1ccccc1. The highest BCUT2D eigenvalue weighted by atomic mass is 32.1. The van der Waals surface area contributed by atoms with Crippen molar-refractivity contribution in [3.05, 3.63) is 71.8 Å². The van der Waals surface area contributed by atoms with Crippen LogP contribution in [0.15, 0.2) is 60.7 Å². The van der Waals surface area contributed by atoms with E-state index in [4.69, 9.17) is 0 Å². The minimum atomic E-state index is 0.341. The number of fused-ring (bicyclic) bond motifs is 1. The Balaban J connectivity index is 2.20. The first-order valence-electron chi connectivity index (χ1n) is 7.58. The normalized spacial score (nSPS) is 10.3. The van der Waals surface area contributed by atoms with Crippen LogP contribution in [0.25, 0.3) is 33.3 Å². The largest absolute Gasteiger partial charge is 0.192 e. The molecule has 5 heteroatoms. The number of nitrogens with zero attached hydrogens (tertiary/aromatic N) is 4. The molecule has 4 aromatic rings. The fourth-order valence-electron chi connectivity index (χ4n) is 3.00. The van der Waals surface area contributed by atoms with Crippen LogP contribution in [0, 0.1) is 22.7 Å². The van der Waals surface area contributed by atoms with Crippen LogP contribution in [0.3, 0.4) is 0 Å². The zero-order chi connectivity index (χ0) is 17.2. The highest BCUT2D eigenvalue weighted by Gasteiger charge is 2.24. The average molecular weight is 338 g/mol. The second-order valence-corrected chi connectivity index (χ2v) is 5.95. The van der Waals surface area contributed by atoms with Gasteiger partial charge in [0, 0.05) is 11.1 Å². The molecule has 25 heavy (non-hydrogen) atoms. The number of hydrogen-bond donors (Lipinski definition) is 0. The Kier molecular flexibility index (Phi) is 3.70. The van der Waals surface area contributed by atoms with Crippen molar-refractivity contribution in [3.63, 3.8) is 0 Å². The van der Waals surface area contributed by atoms with E-state index < -0.39 is 0 Å². The van der Waals surface area contributed by atoms with Crippen LogP contribution in [-0.2, 0) is 0 Å². The van der Waals surface area contributed by atoms with E-state index in [1.165, 1.54) is 0 Å². The molecule has 0 spiro atoms. The maximum Gasteiger partial charge on any atom is 0.114 e. The predicted octanol–water partition coefficient (Wildman–Crippen LogP) is 4.77. The van der Waals surface area contributed by atoms with E-state index in [-0.39, 0.29) is 0 Å². The van der Waals surface area contributed by atoms with E-state index in [1.807, 2.05) is 60.7 Å². The molecule has 0 amide bonds. The molecule has 0 aliphatic rings. The maximum atomic E-state index is 9.81. The van der Waals surface area contributed by atoms with Gasteiger partial charge in [0.2, 0.25) is 0 Å². The molecule has 0 radical (unpaired) electrons. The van der Waals surface area contributed by atoms with Gasteiger partial charge in [-0.25, -0.2) is 0 Å². The molecular formula is C20H10N4S. The summed E-state index contributed by atoms with van der Waals surface area (Å²) in [5, 5.41) is 19.6. The zero-order valence-electron chi connectivity index (χ0n) is 13.0. The molecule has 0 fully saturated rings. The number of aromatic nitrogens is 2. The van der Waals surface area contributed by atoms with Crippen LogP contribution in [0.1, 0.15) is 11.1 Å². The molecule has 0 saturated carbocycles. The maximum absolute atomic E-state index is 9.81. The standard InChI is InChI=1S/C20H10N4S/c21-11-15-16(12-22)18(14-9-5-2-6-10-14)20-19(23-25-24-20)17(15)13-7-3-1-4-8-13/h1-10H. The minimum absolute atomic E-state index is 0.341. The van der Waals surface area contributed by atoms with Gasteiger partial charge in [0.1, 0.15) is 23.2 Å². The van der Waals surface area contributed by atoms with Crippen LogP contribution in [-0.4, -0.2) is 8.75 Å². The second-order valence-electron chi connectivity index (χ2n) is 5.42. The summed E-state index contributed by atoms with van der Waals surface area (Å²) in [6.07, 6.45) is 0. The van der Waals surface area contributed by atoms with E-state index in [9.17, 15) is 10.5 Å². The van der Waals surface area contributed by atoms with Crippen LogP contribution in [0.2, 0.25) is 0 Å². The fourth-order valence-corrected chi connectivity index (χ4v) is 3.56. The Hall–Kier alpha value is -3.54. The number of hydrogen-bond acceptors (Lipinski definition) is 5. The van der Waals surface area contributed by atoms with Crippen molar-refractivity contribution in [1.82, 2.24) is 8.75 Å². The van der Waals surface area contributed by atoms with Crippen molar-refractivity contribution in [2.24, 2.45) is 0 Å². The van der Waals surface area contributed by atoms with Crippen LogP contribution < -0.4 is 0 Å². The molecular weight excluding hydrogens is 328 g/mol. The summed E-state index contributed by atoms with van der Waals surface area (Å²) in [5.41, 5.74) is 5.04. The smallest absolute Gasteiger partial charge is 0.114 e. The monoisotopic (exact) mass is 338 g/mol. The van der Waals surface area contributed by atoms with Gasteiger partial charge in [0.05, 0.1) is 22.9 Å². The van der Waals surface area contributed by atoms with Crippen molar-refractivity contribution in [1.29, 1.82) is 10.5 Å². The molecule has 0 aliphatic carbocycles. The first-order valence-corrected chi connectivity index (χ1v) is 8.31. The summed E-state index contributed by atoms with van der Waals surface area (Å²) in [7, 11) is 0. The van der Waals surface area contributed by atoms with Gasteiger partial charge in [-0.2, -0.15) is 19.3 Å². The van der Waals surface area contributed by atoms with Crippen molar-refractivity contribution in [2.75, 3.05) is 0 Å². The second kappa shape index (κ2) is 6.16. The Bertz CT molecular complexity index is 1060. The molecule has 0 unspecified atom stereocenters.